The highest BCUT2D eigenvalue weighted by molar-refractivity contribution is 14.1. The lowest BCUT2D eigenvalue weighted by atomic mass is 10.3. The van der Waals surface area contributed by atoms with Gasteiger partial charge in [-0.25, -0.2) is 0 Å². The van der Waals surface area contributed by atoms with E-state index in [1.165, 1.54) is 0 Å². The van der Waals surface area contributed by atoms with Crippen LogP contribution >= 0.6 is 34.2 Å². The topological polar surface area (TPSA) is 20.2 Å². The lowest BCUT2D eigenvalue weighted by molar-refractivity contribution is 0.470. The molecule has 0 aromatic heterocycles. The van der Waals surface area contributed by atoms with Crippen LogP contribution in [0.4, 0.5) is 0 Å². The summed E-state index contributed by atoms with van der Waals surface area (Å²) in [5.41, 5.74) is 0. The fourth-order valence-corrected chi connectivity index (χ4v) is 0.931. The molecule has 47 valence electrons. The predicted octanol–water partition coefficient (Wildman–Crippen LogP) is 2.45. The Morgan fingerprint density at radius 1 is 1.67 bits per heavy atom. The van der Waals surface area contributed by atoms with E-state index in [0.717, 1.165) is 0 Å². The van der Waals surface area contributed by atoms with Gasteiger partial charge in [-0.3, -0.25) is 0 Å². The number of hydrogen-bond acceptors (Lipinski definition) is 1. The Morgan fingerprint density at radius 2 is 2.33 bits per heavy atom. The van der Waals surface area contributed by atoms with Crippen molar-refractivity contribution >= 4 is 34.2 Å². The second kappa shape index (κ2) is 2.75. The average Bonchev–Trinajstić information content (AvgIpc) is 1.83. The van der Waals surface area contributed by atoms with Crippen molar-refractivity contribution in [3.05, 3.63) is 26.8 Å². The second-order valence-electron chi connectivity index (χ2n) is 1.49. The van der Waals surface area contributed by atoms with E-state index in [-0.39, 0.29) is 5.75 Å². The first-order valence-corrected chi connectivity index (χ1v) is 3.72. The van der Waals surface area contributed by atoms with Crippen molar-refractivity contribution in [2.75, 3.05) is 0 Å². The van der Waals surface area contributed by atoms with Crippen LogP contribution in [-0.2, 0) is 0 Å². The summed E-state index contributed by atoms with van der Waals surface area (Å²) in [5, 5.41) is 9.51. The van der Waals surface area contributed by atoms with Crippen LogP contribution < -0.4 is 0 Å². The van der Waals surface area contributed by atoms with Crippen LogP contribution in [-0.4, -0.2) is 5.11 Å². The molecule has 0 bridgehead atoms. The van der Waals surface area contributed by atoms with E-state index in [0.29, 0.717) is 8.59 Å². The molecule has 0 saturated carbocycles. The van der Waals surface area contributed by atoms with E-state index in [4.69, 9.17) is 16.7 Å². The van der Waals surface area contributed by atoms with Crippen LogP contribution in [0.2, 0.25) is 5.02 Å². The number of benzene rings is 1. The van der Waals surface area contributed by atoms with E-state index < -0.39 is 0 Å². The van der Waals surface area contributed by atoms with Crippen LogP contribution in [0.25, 0.3) is 0 Å². The van der Waals surface area contributed by atoms with Gasteiger partial charge in [-0.2, -0.15) is 0 Å². The van der Waals surface area contributed by atoms with Gasteiger partial charge in [0.25, 0.3) is 0 Å². The average molecular weight is 253 g/mol. The Hall–Kier alpha value is 0.0400. The van der Waals surface area contributed by atoms with E-state index in [9.17, 15) is 0 Å². The van der Waals surface area contributed by atoms with Crippen LogP contribution in [0.5, 0.6) is 5.75 Å². The molecule has 1 radical (unpaired) electrons. The van der Waals surface area contributed by atoms with Gasteiger partial charge >= 0.3 is 0 Å². The largest absolute Gasteiger partial charge is 0.506 e. The zero-order valence-corrected chi connectivity index (χ0v) is 7.27. The minimum Gasteiger partial charge on any atom is -0.506 e. The summed E-state index contributed by atoms with van der Waals surface area (Å²) < 4.78 is 0.650. The van der Waals surface area contributed by atoms with Crippen molar-refractivity contribution in [2.45, 2.75) is 0 Å². The Labute approximate surface area is 71.8 Å². The number of hydrogen-bond donors (Lipinski definition) is 1. The van der Waals surface area contributed by atoms with Crippen molar-refractivity contribution < 1.29 is 5.11 Å². The molecule has 1 N–H and O–H groups in total. The molecule has 0 aliphatic carbocycles. The Balaban J connectivity index is 3.25. The molecule has 1 nitrogen and oxygen atoms in total. The number of rotatable bonds is 0. The highest BCUT2D eigenvalue weighted by atomic mass is 127. The molecule has 0 aliphatic rings. The number of aromatic hydroxyl groups is 1. The van der Waals surface area contributed by atoms with Gasteiger partial charge in [-0.05, 0) is 34.7 Å². The van der Waals surface area contributed by atoms with Crippen molar-refractivity contribution in [3.8, 4) is 5.75 Å². The summed E-state index contributed by atoms with van der Waals surface area (Å²) >= 11 is 7.58. The smallest absolute Gasteiger partial charge is 0.138 e. The summed E-state index contributed by atoms with van der Waals surface area (Å²) in [7, 11) is 0. The molecule has 0 saturated heterocycles. The molecule has 1 aromatic carbocycles. The first kappa shape index (κ1) is 7.15. The van der Waals surface area contributed by atoms with E-state index in [1.807, 2.05) is 22.6 Å². The maximum absolute atomic E-state index is 8.95. The van der Waals surface area contributed by atoms with Crippen molar-refractivity contribution in [1.82, 2.24) is 0 Å². The lowest BCUT2D eigenvalue weighted by Crippen LogP contribution is -1.73. The van der Waals surface area contributed by atoms with E-state index >= 15 is 0 Å². The maximum Gasteiger partial charge on any atom is 0.138 e. The Kier molecular flexibility index (Phi) is 2.18. The lowest BCUT2D eigenvalue weighted by Gasteiger charge is -1.95. The molecule has 9 heavy (non-hydrogen) atoms. The standard InChI is InChI=1S/C6H3ClIO/c7-4-2-1-3-5(9)6(4)8/h1-2,9H. The monoisotopic (exact) mass is 253 g/mol. The zero-order chi connectivity index (χ0) is 6.85. The number of phenolic OH excluding ortho intramolecular Hbond substituents is 1. The molecule has 0 aliphatic heterocycles. The first-order valence-electron chi connectivity index (χ1n) is 2.26. The normalized spacial score (nSPS) is 9.56. The third-order valence-electron chi connectivity index (χ3n) is 0.867. The molecule has 0 spiro atoms. The highest BCUT2D eigenvalue weighted by Gasteiger charge is 1.99. The van der Waals surface area contributed by atoms with Crippen molar-refractivity contribution in [3.63, 3.8) is 0 Å². The Bertz CT molecular complexity index is 204. The van der Waals surface area contributed by atoms with Crippen LogP contribution in [0, 0.1) is 9.64 Å². The summed E-state index contributed by atoms with van der Waals surface area (Å²) in [6.45, 7) is 0. The van der Waals surface area contributed by atoms with Crippen LogP contribution in [0.15, 0.2) is 12.1 Å². The molecule has 3 heteroatoms. The third-order valence-corrected chi connectivity index (χ3v) is 2.59. The second-order valence-corrected chi connectivity index (χ2v) is 2.97. The summed E-state index contributed by atoms with van der Waals surface area (Å²) in [5.74, 6) is 0.114. The number of halogens is 2. The SMILES string of the molecule is Oc1[c]ccc(Cl)c1I. The maximum atomic E-state index is 8.95. The third kappa shape index (κ3) is 1.49. The summed E-state index contributed by atoms with van der Waals surface area (Å²) in [6.07, 6.45) is 0. The van der Waals surface area contributed by atoms with Gasteiger partial charge in [-0.15, -0.1) is 0 Å². The fraction of sp³-hybridized carbons (Fsp3) is 0. The molecule has 0 atom stereocenters. The predicted molar refractivity (Wildman–Crippen MR) is 44.7 cm³/mol. The van der Waals surface area contributed by atoms with Gasteiger partial charge in [0.05, 0.1) is 8.59 Å². The minimum atomic E-state index is 0.114. The van der Waals surface area contributed by atoms with E-state index in [2.05, 4.69) is 6.07 Å². The number of phenols is 1. The molecular formula is C6H3ClIO. The van der Waals surface area contributed by atoms with Gasteiger partial charge in [-0.1, -0.05) is 11.6 Å². The van der Waals surface area contributed by atoms with Crippen LogP contribution in [0.1, 0.15) is 0 Å². The molecule has 0 fully saturated rings. The van der Waals surface area contributed by atoms with Gasteiger partial charge in [0.1, 0.15) is 5.75 Å². The van der Waals surface area contributed by atoms with Gasteiger partial charge in [0, 0.05) is 6.07 Å². The Morgan fingerprint density at radius 3 is 2.78 bits per heavy atom. The molecule has 0 unspecified atom stereocenters. The fourth-order valence-electron chi connectivity index (χ4n) is 0.443. The van der Waals surface area contributed by atoms with E-state index in [1.54, 1.807) is 12.1 Å². The molecule has 1 rings (SSSR count). The molecule has 0 amide bonds. The van der Waals surface area contributed by atoms with Gasteiger partial charge in [0.15, 0.2) is 0 Å². The van der Waals surface area contributed by atoms with Gasteiger partial charge < -0.3 is 5.11 Å². The molecule has 0 heterocycles. The highest BCUT2D eigenvalue weighted by Crippen LogP contribution is 2.25. The molecular weight excluding hydrogens is 250 g/mol. The summed E-state index contributed by atoms with van der Waals surface area (Å²) in [6, 6.07) is 5.87. The molecule has 1 aromatic rings. The quantitative estimate of drug-likeness (QED) is 0.704. The van der Waals surface area contributed by atoms with Crippen molar-refractivity contribution in [2.24, 2.45) is 0 Å². The van der Waals surface area contributed by atoms with Crippen molar-refractivity contribution in [1.29, 1.82) is 0 Å². The zero-order valence-electron chi connectivity index (χ0n) is 4.36. The first-order chi connectivity index (χ1) is 4.22. The minimum absolute atomic E-state index is 0.114. The summed E-state index contributed by atoms with van der Waals surface area (Å²) in [4.78, 5) is 0. The van der Waals surface area contributed by atoms with Gasteiger partial charge in [0.2, 0.25) is 0 Å². The van der Waals surface area contributed by atoms with Crippen LogP contribution in [0.3, 0.4) is 0 Å².